The fourth-order valence-corrected chi connectivity index (χ4v) is 1.74. The zero-order chi connectivity index (χ0) is 14.5. The van der Waals surface area contributed by atoms with Gasteiger partial charge in [0.15, 0.2) is 0 Å². The standard InChI is InChI=1S/C14H20F3NO/c1-10(2)12-6-4-5-7-13(12)19-11(3)8-18-9-14(15,16)17/h4-7,10-11,18H,8-9H2,1-3H3. The van der Waals surface area contributed by atoms with Gasteiger partial charge in [-0.2, -0.15) is 13.2 Å². The third kappa shape index (κ3) is 5.96. The molecule has 0 spiro atoms. The van der Waals surface area contributed by atoms with Gasteiger partial charge in [-0.25, -0.2) is 0 Å². The number of rotatable bonds is 6. The minimum absolute atomic E-state index is 0.159. The minimum Gasteiger partial charge on any atom is -0.489 e. The molecule has 1 rings (SSSR count). The summed E-state index contributed by atoms with van der Waals surface area (Å²) in [5.74, 6) is 1.05. The highest BCUT2D eigenvalue weighted by Gasteiger charge is 2.26. The molecule has 1 N–H and O–H groups in total. The topological polar surface area (TPSA) is 21.3 Å². The Hall–Kier alpha value is -1.23. The fraction of sp³-hybridized carbons (Fsp3) is 0.571. The summed E-state index contributed by atoms with van der Waals surface area (Å²) in [6, 6.07) is 7.59. The Balaban J connectivity index is 2.51. The van der Waals surface area contributed by atoms with Gasteiger partial charge in [-0.1, -0.05) is 32.0 Å². The number of halogens is 3. The van der Waals surface area contributed by atoms with Crippen LogP contribution in [0, 0.1) is 0 Å². The second-order valence-corrected chi connectivity index (χ2v) is 4.87. The molecule has 1 aromatic carbocycles. The van der Waals surface area contributed by atoms with Gasteiger partial charge in [0.1, 0.15) is 11.9 Å². The van der Waals surface area contributed by atoms with Crippen LogP contribution in [0.3, 0.4) is 0 Å². The molecule has 0 aliphatic carbocycles. The molecule has 0 fully saturated rings. The highest BCUT2D eigenvalue weighted by molar-refractivity contribution is 5.35. The zero-order valence-corrected chi connectivity index (χ0v) is 11.4. The van der Waals surface area contributed by atoms with Crippen LogP contribution in [0.25, 0.3) is 0 Å². The molecule has 0 saturated carbocycles. The van der Waals surface area contributed by atoms with Crippen LogP contribution < -0.4 is 10.1 Å². The summed E-state index contributed by atoms with van der Waals surface area (Å²) in [5.41, 5.74) is 1.06. The predicted octanol–water partition coefficient (Wildman–Crippen LogP) is 3.73. The lowest BCUT2D eigenvalue weighted by Crippen LogP contribution is -2.35. The van der Waals surface area contributed by atoms with Gasteiger partial charge >= 0.3 is 6.18 Å². The van der Waals surface area contributed by atoms with E-state index in [9.17, 15) is 13.2 Å². The lowest BCUT2D eigenvalue weighted by Gasteiger charge is -2.19. The highest BCUT2D eigenvalue weighted by Crippen LogP contribution is 2.26. The number of nitrogens with one attached hydrogen (secondary N) is 1. The average Bonchev–Trinajstić information content (AvgIpc) is 2.27. The van der Waals surface area contributed by atoms with Gasteiger partial charge in [-0.3, -0.25) is 0 Å². The number of ether oxygens (including phenoxy) is 1. The van der Waals surface area contributed by atoms with Crippen molar-refractivity contribution < 1.29 is 17.9 Å². The second-order valence-electron chi connectivity index (χ2n) is 4.87. The van der Waals surface area contributed by atoms with Crippen molar-refractivity contribution in [2.24, 2.45) is 0 Å². The van der Waals surface area contributed by atoms with Crippen molar-refractivity contribution in [3.05, 3.63) is 29.8 Å². The van der Waals surface area contributed by atoms with Gasteiger partial charge in [-0.05, 0) is 24.5 Å². The number of para-hydroxylation sites is 1. The Labute approximate surface area is 112 Å². The first-order chi connectivity index (χ1) is 8.79. The molecule has 0 radical (unpaired) electrons. The maximum atomic E-state index is 12.0. The van der Waals surface area contributed by atoms with E-state index in [0.29, 0.717) is 5.92 Å². The molecular formula is C14H20F3NO. The monoisotopic (exact) mass is 275 g/mol. The Kier molecular flexibility index (Phi) is 5.66. The van der Waals surface area contributed by atoms with Crippen LogP contribution in [0.2, 0.25) is 0 Å². The van der Waals surface area contributed by atoms with E-state index >= 15 is 0 Å². The van der Waals surface area contributed by atoms with Gasteiger partial charge < -0.3 is 10.1 Å². The molecule has 0 heterocycles. The molecular weight excluding hydrogens is 255 g/mol. The van der Waals surface area contributed by atoms with Crippen molar-refractivity contribution in [3.63, 3.8) is 0 Å². The molecule has 0 saturated heterocycles. The second kappa shape index (κ2) is 6.80. The Morgan fingerprint density at radius 3 is 2.37 bits per heavy atom. The molecule has 1 atom stereocenters. The summed E-state index contributed by atoms with van der Waals surface area (Å²) < 4.78 is 41.7. The Bertz CT molecular complexity index is 391. The summed E-state index contributed by atoms with van der Waals surface area (Å²) in [5, 5.41) is 2.34. The largest absolute Gasteiger partial charge is 0.489 e. The molecule has 108 valence electrons. The molecule has 5 heteroatoms. The number of alkyl halides is 3. The van der Waals surface area contributed by atoms with E-state index < -0.39 is 12.7 Å². The third-order valence-corrected chi connectivity index (χ3v) is 2.63. The molecule has 1 unspecified atom stereocenters. The summed E-state index contributed by atoms with van der Waals surface area (Å²) >= 11 is 0. The van der Waals surface area contributed by atoms with Crippen LogP contribution in [-0.4, -0.2) is 25.4 Å². The van der Waals surface area contributed by atoms with Gasteiger partial charge in [0.05, 0.1) is 6.54 Å². The van der Waals surface area contributed by atoms with Crippen molar-refractivity contribution in [2.75, 3.05) is 13.1 Å². The third-order valence-electron chi connectivity index (χ3n) is 2.63. The van der Waals surface area contributed by atoms with Gasteiger partial charge in [0.25, 0.3) is 0 Å². The molecule has 2 nitrogen and oxygen atoms in total. The van der Waals surface area contributed by atoms with E-state index in [-0.39, 0.29) is 12.6 Å². The maximum Gasteiger partial charge on any atom is 0.401 e. The van der Waals surface area contributed by atoms with E-state index in [4.69, 9.17) is 4.74 Å². The van der Waals surface area contributed by atoms with Crippen molar-refractivity contribution >= 4 is 0 Å². The minimum atomic E-state index is -4.18. The van der Waals surface area contributed by atoms with E-state index in [1.54, 1.807) is 6.92 Å². The highest BCUT2D eigenvalue weighted by atomic mass is 19.4. The fourth-order valence-electron chi connectivity index (χ4n) is 1.74. The van der Waals surface area contributed by atoms with E-state index in [1.807, 2.05) is 24.3 Å². The number of hydrogen-bond donors (Lipinski definition) is 1. The lowest BCUT2D eigenvalue weighted by molar-refractivity contribution is -0.125. The molecule has 0 aromatic heterocycles. The van der Waals surface area contributed by atoms with Crippen LogP contribution in [0.15, 0.2) is 24.3 Å². The van der Waals surface area contributed by atoms with Crippen LogP contribution in [0.5, 0.6) is 5.75 Å². The summed E-state index contributed by atoms with van der Waals surface area (Å²) in [6.45, 7) is 5.02. The summed E-state index contributed by atoms with van der Waals surface area (Å²) in [7, 11) is 0. The predicted molar refractivity (Wildman–Crippen MR) is 69.5 cm³/mol. The first-order valence-electron chi connectivity index (χ1n) is 6.32. The normalized spacial score (nSPS) is 13.6. The molecule has 0 aliphatic heterocycles. The van der Waals surface area contributed by atoms with E-state index in [0.717, 1.165) is 11.3 Å². The van der Waals surface area contributed by atoms with Gasteiger partial charge in [0, 0.05) is 6.54 Å². The molecule has 0 amide bonds. The lowest BCUT2D eigenvalue weighted by atomic mass is 10.0. The molecule has 19 heavy (non-hydrogen) atoms. The first kappa shape index (κ1) is 15.8. The first-order valence-corrected chi connectivity index (χ1v) is 6.32. The van der Waals surface area contributed by atoms with Crippen LogP contribution in [0.1, 0.15) is 32.3 Å². The van der Waals surface area contributed by atoms with Gasteiger partial charge in [-0.15, -0.1) is 0 Å². The van der Waals surface area contributed by atoms with E-state index in [2.05, 4.69) is 19.2 Å². The van der Waals surface area contributed by atoms with Crippen LogP contribution in [-0.2, 0) is 0 Å². The zero-order valence-electron chi connectivity index (χ0n) is 11.4. The number of benzene rings is 1. The quantitative estimate of drug-likeness (QED) is 0.854. The van der Waals surface area contributed by atoms with Crippen molar-refractivity contribution in [2.45, 2.75) is 39.0 Å². The van der Waals surface area contributed by atoms with Gasteiger partial charge in [0.2, 0.25) is 0 Å². The molecule has 0 bridgehead atoms. The van der Waals surface area contributed by atoms with Crippen molar-refractivity contribution in [3.8, 4) is 5.75 Å². The Morgan fingerprint density at radius 2 is 1.79 bits per heavy atom. The van der Waals surface area contributed by atoms with Crippen LogP contribution >= 0.6 is 0 Å². The summed E-state index contributed by atoms with van der Waals surface area (Å²) in [6.07, 6.45) is -4.50. The smallest absolute Gasteiger partial charge is 0.401 e. The van der Waals surface area contributed by atoms with E-state index in [1.165, 1.54) is 0 Å². The van der Waals surface area contributed by atoms with Crippen molar-refractivity contribution in [1.82, 2.24) is 5.32 Å². The van der Waals surface area contributed by atoms with Crippen molar-refractivity contribution in [1.29, 1.82) is 0 Å². The molecule has 1 aromatic rings. The average molecular weight is 275 g/mol. The van der Waals surface area contributed by atoms with Crippen LogP contribution in [0.4, 0.5) is 13.2 Å². The maximum absolute atomic E-state index is 12.0. The SMILES string of the molecule is CC(CNCC(F)(F)F)Oc1ccccc1C(C)C. The molecule has 0 aliphatic rings. The summed E-state index contributed by atoms with van der Waals surface area (Å²) in [4.78, 5) is 0. The number of hydrogen-bond acceptors (Lipinski definition) is 2. The Morgan fingerprint density at radius 1 is 1.16 bits per heavy atom.